The number of carbonyl (C=O) groups excluding carboxylic acids is 1. The van der Waals surface area contributed by atoms with E-state index in [1.165, 1.54) is 35.4 Å². The molecule has 1 aromatic heterocycles. The smallest absolute Gasteiger partial charge is 0.251 e. The summed E-state index contributed by atoms with van der Waals surface area (Å²) in [6.45, 7) is 5.91. The van der Waals surface area contributed by atoms with Gasteiger partial charge in [0.25, 0.3) is 5.91 Å². The van der Waals surface area contributed by atoms with Gasteiger partial charge in [0.05, 0.1) is 17.6 Å². The van der Waals surface area contributed by atoms with E-state index in [9.17, 15) is 9.18 Å². The van der Waals surface area contributed by atoms with E-state index in [4.69, 9.17) is 9.72 Å². The highest BCUT2D eigenvalue weighted by molar-refractivity contribution is 5.94. The summed E-state index contributed by atoms with van der Waals surface area (Å²) < 4.78 is 21.2. The highest BCUT2D eigenvalue weighted by Crippen LogP contribution is 2.19. The number of rotatable bonds is 9. The van der Waals surface area contributed by atoms with Gasteiger partial charge in [-0.25, -0.2) is 9.37 Å². The van der Waals surface area contributed by atoms with Crippen LogP contribution in [0, 0.1) is 19.7 Å². The van der Waals surface area contributed by atoms with Crippen LogP contribution in [0.2, 0.25) is 0 Å². The number of aryl methyl sites for hydroxylation is 3. The minimum absolute atomic E-state index is 0.203. The lowest BCUT2D eigenvalue weighted by Gasteiger charge is -2.12. The number of carbonyl (C=O) groups is 1. The van der Waals surface area contributed by atoms with E-state index in [1.54, 1.807) is 0 Å². The van der Waals surface area contributed by atoms with Gasteiger partial charge in [-0.2, -0.15) is 0 Å². The highest BCUT2D eigenvalue weighted by atomic mass is 19.1. The Hall–Kier alpha value is -3.67. The molecule has 0 aliphatic rings. The summed E-state index contributed by atoms with van der Waals surface area (Å²) in [5.41, 5.74) is 4.94. The number of para-hydroxylation sites is 2. The molecule has 0 atom stereocenters. The lowest BCUT2D eigenvalue weighted by molar-refractivity contribution is 0.0953. The summed E-state index contributed by atoms with van der Waals surface area (Å²) in [7, 11) is 0. The number of nitrogens with zero attached hydrogens (tertiary/aromatic N) is 2. The van der Waals surface area contributed by atoms with Gasteiger partial charge >= 0.3 is 0 Å². The lowest BCUT2D eigenvalue weighted by atomic mass is 10.1. The van der Waals surface area contributed by atoms with E-state index in [0.29, 0.717) is 25.3 Å². The van der Waals surface area contributed by atoms with Crippen molar-refractivity contribution in [2.75, 3.05) is 13.2 Å². The molecular weight excluding hydrogens is 417 g/mol. The van der Waals surface area contributed by atoms with Crippen LogP contribution in [0.1, 0.15) is 33.7 Å². The zero-order valence-corrected chi connectivity index (χ0v) is 19.0. The Bertz CT molecular complexity index is 1250. The Morgan fingerprint density at radius 3 is 2.61 bits per heavy atom. The van der Waals surface area contributed by atoms with Gasteiger partial charge in [-0.05, 0) is 79.9 Å². The predicted octanol–water partition coefficient (Wildman–Crippen LogP) is 5.23. The third-order valence-corrected chi connectivity index (χ3v) is 5.76. The van der Waals surface area contributed by atoms with Crippen molar-refractivity contribution in [2.24, 2.45) is 0 Å². The third kappa shape index (κ3) is 5.58. The van der Waals surface area contributed by atoms with Crippen LogP contribution in [-0.4, -0.2) is 28.6 Å². The molecular formula is C27H28FN3O2. The predicted molar refractivity (Wildman–Crippen MR) is 128 cm³/mol. The van der Waals surface area contributed by atoms with E-state index < -0.39 is 0 Å². The molecule has 0 aliphatic heterocycles. The first kappa shape index (κ1) is 22.5. The maximum absolute atomic E-state index is 13.0. The normalized spacial score (nSPS) is 11.0. The van der Waals surface area contributed by atoms with E-state index in [2.05, 4.69) is 41.9 Å². The van der Waals surface area contributed by atoms with Gasteiger partial charge in [0.1, 0.15) is 24.0 Å². The Morgan fingerprint density at radius 2 is 1.82 bits per heavy atom. The number of amides is 1. The van der Waals surface area contributed by atoms with E-state index >= 15 is 0 Å². The Balaban J connectivity index is 1.36. The summed E-state index contributed by atoms with van der Waals surface area (Å²) >= 11 is 0. The van der Waals surface area contributed by atoms with Crippen molar-refractivity contribution >= 4 is 16.9 Å². The maximum atomic E-state index is 13.0. The number of nitrogens with one attached hydrogen (secondary N) is 1. The van der Waals surface area contributed by atoms with Crippen LogP contribution in [-0.2, 0) is 13.0 Å². The average Bonchev–Trinajstić information content (AvgIpc) is 3.17. The molecule has 4 rings (SSSR count). The number of fused-ring (bicyclic) bond motifs is 1. The second kappa shape index (κ2) is 10.3. The molecule has 0 aliphatic carbocycles. The van der Waals surface area contributed by atoms with Crippen molar-refractivity contribution in [2.45, 2.75) is 33.2 Å². The fourth-order valence-corrected chi connectivity index (χ4v) is 3.78. The first-order chi connectivity index (χ1) is 16.0. The van der Waals surface area contributed by atoms with Crippen LogP contribution in [0.4, 0.5) is 4.39 Å². The lowest BCUT2D eigenvalue weighted by Crippen LogP contribution is -2.25. The SMILES string of the molecule is Cc1ccc(OCCn2c(CCCNC(=O)c3ccc(F)cc3)nc3ccccc32)cc1C. The Morgan fingerprint density at radius 1 is 1.03 bits per heavy atom. The van der Waals surface area contributed by atoms with Crippen LogP contribution in [0.5, 0.6) is 5.75 Å². The number of hydrogen-bond acceptors (Lipinski definition) is 3. The number of benzene rings is 3. The first-order valence-electron chi connectivity index (χ1n) is 11.2. The quantitative estimate of drug-likeness (QED) is 0.359. The molecule has 170 valence electrons. The van der Waals surface area contributed by atoms with Gasteiger partial charge in [0.2, 0.25) is 0 Å². The van der Waals surface area contributed by atoms with Crippen LogP contribution in [0.3, 0.4) is 0 Å². The second-order valence-corrected chi connectivity index (χ2v) is 8.13. The summed E-state index contributed by atoms with van der Waals surface area (Å²) in [6.07, 6.45) is 1.47. The van der Waals surface area contributed by atoms with Crippen molar-refractivity contribution < 1.29 is 13.9 Å². The molecule has 5 nitrogen and oxygen atoms in total. The number of ether oxygens (including phenoxy) is 1. The number of aromatic nitrogens is 2. The molecule has 0 radical (unpaired) electrons. The van der Waals surface area contributed by atoms with Gasteiger partial charge in [0, 0.05) is 18.5 Å². The third-order valence-electron chi connectivity index (χ3n) is 5.76. The Kier molecular flexibility index (Phi) is 7.03. The fourth-order valence-electron chi connectivity index (χ4n) is 3.78. The monoisotopic (exact) mass is 445 g/mol. The Labute approximate surface area is 193 Å². The van der Waals surface area contributed by atoms with Crippen LogP contribution in [0.15, 0.2) is 66.7 Å². The zero-order valence-electron chi connectivity index (χ0n) is 19.0. The highest BCUT2D eigenvalue weighted by Gasteiger charge is 2.11. The van der Waals surface area contributed by atoms with Crippen LogP contribution >= 0.6 is 0 Å². The molecule has 4 aromatic rings. The van der Waals surface area contributed by atoms with Gasteiger partial charge in [0.15, 0.2) is 0 Å². The van der Waals surface area contributed by atoms with Gasteiger partial charge in [-0.15, -0.1) is 0 Å². The summed E-state index contributed by atoms with van der Waals surface area (Å²) in [5, 5.41) is 2.89. The summed E-state index contributed by atoms with van der Waals surface area (Å²) in [4.78, 5) is 17.0. The molecule has 33 heavy (non-hydrogen) atoms. The molecule has 0 saturated heterocycles. The molecule has 0 unspecified atom stereocenters. The topological polar surface area (TPSA) is 56.1 Å². The first-order valence-corrected chi connectivity index (χ1v) is 11.2. The van der Waals surface area contributed by atoms with Crippen molar-refractivity contribution in [3.63, 3.8) is 0 Å². The van der Waals surface area contributed by atoms with Gasteiger partial charge < -0.3 is 14.6 Å². The zero-order chi connectivity index (χ0) is 23.2. The fraction of sp³-hybridized carbons (Fsp3) is 0.259. The average molecular weight is 446 g/mol. The van der Waals surface area contributed by atoms with Crippen LogP contribution < -0.4 is 10.1 Å². The number of hydrogen-bond donors (Lipinski definition) is 1. The summed E-state index contributed by atoms with van der Waals surface area (Å²) in [6, 6.07) is 19.8. The van der Waals surface area contributed by atoms with E-state index in [1.807, 2.05) is 24.3 Å². The molecule has 1 heterocycles. The molecule has 3 aromatic carbocycles. The molecule has 6 heteroatoms. The molecule has 0 saturated carbocycles. The summed E-state index contributed by atoms with van der Waals surface area (Å²) in [5.74, 6) is 1.28. The van der Waals surface area contributed by atoms with Crippen LogP contribution in [0.25, 0.3) is 11.0 Å². The molecule has 0 fully saturated rings. The molecule has 0 bridgehead atoms. The molecule has 0 spiro atoms. The van der Waals surface area contributed by atoms with Gasteiger partial charge in [-0.3, -0.25) is 4.79 Å². The second-order valence-electron chi connectivity index (χ2n) is 8.13. The minimum atomic E-state index is -0.355. The number of imidazole rings is 1. The van der Waals surface area contributed by atoms with Gasteiger partial charge in [-0.1, -0.05) is 18.2 Å². The molecule has 1 N–H and O–H groups in total. The van der Waals surface area contributed by atoms with Crippen molar-refractivity contribution in [3.8, 4) is 5.75 Å². The van der Waals surface area contributed by atoms with Crippen molar-refractivity contribution in [3.05, 3.63) is 95.1 Å². The maximum Gasteiger partial charge on any atom is 0.251 e. The van der Waals surface area contributed by atoms with Crippen molar-refractivity contribution in [1.82, 2.24) is 14.9 Å². The minimum Gasteiger partial charge on any atom is -0.492 e. The van der Waals surface area contributed by atoms with E-state index in [0.717, 1.165) is 35.4 Å². The van der Waals surface area contributed by atoms with Crippen molar-refractivity contribution in [1.29, 1.82) is 0 Å². The molecule has 1 amide bonds. The number of halogens is 1. The van der Waals surface area contributed by atoms with E-state index in [-0.39, 0.29) is 11.7 Å². The largest absolute Gasteiger partial charge is 0.492 e. The standard InChI is InChI=1S/C27H28FN3O2/c1-19-9-14-23(18-20(19)2)33-17-16-31-25-7-4-3-6-24(25)30-26(31)8-5-15-29-27(32)21-10-12-22(28)13-11-21/h3-4,6-7,9-14,18H,5,8,15-17H2,1-2H3,(H,29,32).